The molecule has 8 heteroatoms. The number of nitrogens with zero attached hydrogens (tertiary/aromatic N) is 3. The van der Waals surface area contributed by atoms with E-state index >= 15 is 0 Å². The lowest BCUT2D eigenvalue weighted by atomic mass is 10.2. The molecule has 0 aliphatic rings. The van der Waals surface area contributed by atoms with Gasteiger partial charge in [-0.2, -0.15) is 0 Å². The summed E-state index contributed by atoms with van der Waals surface area (Å²) in [5, 5.41) is 7.42. The molecular formula is C18H18N4O3S. The van der Waals surface area contributed by atoms with E-state index in [2.05, 4.69) is 20.4 Å². The first-order valence-corrected chi connectivity index (χ1v) is 8.88. The SMILES string of the molecule is COc1ccc(NC(=O)c2cccnc2SCc2c(C)noc2C)cn1. The fraction of sp³-hybridized carbons (Fsp3) is 0.222. The van der Waals surface area contributed by atoms with Gasteiger partial charge in [0.25, 0.3) is 5.91 Å². The number of thioether (sulfide) groups is 1. The van der Waals surface area contributed by atoms with Crippen LogP contribution in [0.4, 0.5) is 5.69 Å². The Morgan fingerprint density at radius 2 is 2.12 bits per heavy atom. The summed E-state index contributed by atoms with van der Waals surface area (Å²) in [5.74, 6) is 1.65. The van der Waals surface area contributed by atoms with Crippen LogP contribution in [-0.2, 0) is 5.75 Å². The van der Waals surface area contributed by atoms with E-state index in [4.69, 9.17) is 9.26 Å². The summed E-state index contributed by atoms with van der Waals surface area (Å²) in [6.07, 6.45) is 3.21. The molecule has 1 amide bonds. The van der Waals surface area contributed by atoms with Crippen molar-refractivity contribution in [2.24, 2.45) is 0 Å². The van der Waals surface area contributed by atoms with Crippen molar-refractivity contribution >= 4 is 23.4 Å². The minimum Gasteiger partial charge on any atom is -0.481 e. The van der Waals surface area contributed by atoms with Crippen LogP contribution in [0.1, 0.15) is 27.4 Å². The van der Waals surface area contributed by atoms with E-state index in [1.165, 1.54) is 11.8 Å². The second-order valence-corrected chi connectivity index (χ2v) is 6.45. The van der Waals surface area contributed by atoms with Gasteiger partial charge in [-0.3, -0.25) is 4.79 Å². The van der Waals surface area contributed by atoms with Crippen LogP contribution in [0.5, 0.6) is 5.88 Å². The van der Waals surface area contributed by atoms with Gasteiger partial charge in [-0.1, -0.05) is 5.16 Å². The fourth-order valence-corrected chi connectivity index (χ4v) is 3.45. The topological polar surface area (TPSA) is 90.1 Å². The Kier molecular flexibility index (Phi) is 5.52. The van der Waals surface area contributed by atoms with Gasteiger partial charge in [-0.15, -0.1) is 11.8 Å². The molecule has 0 aromatic carbocycles. The molecule has 134 valence electrons. The number of aromatic nitrogens is 3. The maximum Gasteiger partial charge on any atom is 0.258 e. The molecule has 0 aliphatic carbocycles. The van der Waals surface area contributed by atoms with Gasteiger partial charge < -0.3 is 14.6 Å². The van der Waals surface area contributed by atoms with Crippen molar-refractivity contribution in [3.05, 3.63) is 59.2 Å². The Morgan fingerprint density at radius 3 is 2.77 bits per heavy atom. The maximum atomic E-state index is 12.6. The highest BCUT2D eigenvalue weighted by Crippen LogP contribution is 2.27. The summed E-state index contributed by atoms with van der Waals surface area (Å²) in [5.41, 5.74) is 2.95. The number of hydrogen-bond acceptors (Lipinski definition) is 7. The molecule has 7 nitrogen and oxygen atoms in total. The predicted molar refractivity (Wildman–Crippen MR) is 98.5 cm³/mol. The predicted octanol–water partition coefficient (Wildman–Crippen LogP) is 3.63. The molecule has 0 aliphatic heterocycles. The third kappa shape index (κ3) is 4.02. The molecule has 3 aromatic heterocycles. The fourth-order valence-electron chi connectivity index (χ4n) is 2.30. The van der Waals surface area contributed by atoms with Gasteiger partial charge in [-0.05, 0) is 32.0 Å². The van der Waals surface area contributed by atoms with Crippen molar-refractivity contribution < 1.29 is 14.1 Å². The number of methoxy groups -OCH3 is 1. The number of carbonyl (C=O) groups is 1. The highest BCUT2D eigenvalue weighted by molar-refractivity contribution is 7.98. The van der Waals surface area contributed by atoms with E-state index in [0.29, 0.717) is 27.9 Å². The molecule has 3 rings (SSSR count). The summed E-state index contributed by atoms with van der Waals surface area (Å²) in [6, 6.07) is 6.90. The van der Waals surface area contributed by atoms with Crippen molar-refractivity contribution in [2.75, 3.05) is 12.4 Å². The highest BCUT2D eigenvalue weighted by Gasteiger charge is 2.16. The van der Waals surface area contributed by atoms with E-state index in [1.807, 2.05) is 13.8 Å². The van der Waals surface area contributed by atoms with Crippen LogP contribution >= 0.6 is 11.8 Å². The Labute approximate surface area is 155 Å². The first-order chi connectivity index (χ1) is 12.6. The van der Waals surface area contributed by atoms with Crippen LogP contribution in [0.15, 0.2) is 46.2 Å². The zero-order valence-corrected chi connectivity index (χ0v) is 15.5. The third-order valence-electron chi connectivity index (χ3n) is 3.75. The van der Waals surface area contributed by atoms with Crippen LogP contribution in [0.2, 0.25) is 0 Å². The first kappa shape index (κ1) is 17.9. The maximum absolute atomic E-state index is 12.6. The number of rotatable bonds is 6. The minimum absolute atomic E-state index is 0.244. The number of hydrogen-bond donors (Lipinski definition) is 1. The monoisotopic (exact) mass is 370 g/mol. The lowest BCUT2D eigenvalue weighted by Crippen LogP contribution is -2.13. The number of nitrogens with one attached hydrogen (secondary N) is 1. The Bertz CT molecular complexity index is 890. The van der Waals surface area contributed by atoms with E-state index in [-0.39, 0.29) is 5.91 Å². The van der Waals surface area contributed by atoms with Crippen molar-refractivity contribution in [1.82, 2.24) is 15.1 Å². The smallest absolute Gasteiger partial charge is 0.258 e. The molecule has 0 atom stereocenters. The molecule has 0 spiro atoms. The van der Waals surface area contributed by atoms with Gasteiger partial charge in [0.15, 0.2) is 0 Å². The molecule has 1 N–H and O–H groups in total. The van der Waals surface area contributed by atoms with Crippen LogP contribution in [0.3, 0.4) is 0 Å². The van der Waals surface area contributed by atoms with Gasteiger partial charge >= 0.3 is 0 Å². The quantitative estimate of drug-likeness (QED) is 0.663. The molecule has 0 saturated heterocycles. The Hall–Kier alpha value is -2.87. The van der Waals surface area contributed by atoms with Crippen molar-refractivity contribution in [1.29, 1.82) is 0 Å². The van der Waals surface area contributed by atoms with Gasteiger partial charge in [0.05, 0.1) is 30.3 Å². The lowest BCUT2D eigenvalue weighted by molar-refractivity contribution is 0.102. The molecule has 0 fully saturated rings. The molecular weight excluding hydrogens is 352 g/mol. The van der Waals surface area contributed by atoms with Crippen molar-refractivity contribution in [2.45, 2.75) is 24.6 Å². The largest absolute Gasteiger partial charge is 0.481 e. The van der Waals surface area contributed by atoms with Crippen LogP contribution in [-0.4, -0.2) is 28.1 Å². The summed E-state index contributed by atoms with van der Waals surface area (Å²) in [7, 11) is 1.54. The normalized spacial score (nSPS) is 10.6. The third-order valence-corrected chi connectivity index (χ3v) is 4.79. The van der Waals surface area contributed by atoms with Gasteiger partial charge in [0.1, 0.15) is 10.8 Å². The number of aryl methyl sites for hydroxylation is 2. The molecule has 3 heterocycles. The summed E-state index contributed by atoms with van der Waals surface area (Å²) >= 11 is 1.47. The number of carbonyl (C=O) groups excluding carboxylic acids is 1. The average Bonchev–Trinajstić information content (AvgIpc) is 2.98. The van der Waals surface area contributed by atoms with Crippen LogP contribution in [0, 0.1) is 13.8 Å². The van der Waals surface area contributed by atoms with E-state index in [0.717, 1.165) is 17.0 Å². The molecule has 3 aromatic rings. The summed E-state index contributed by atoms with van der Waals surface area (Å²) < 4.78 is 10.2. The second-order valence-electron chi connectivity index (χ2n) is 5.49. The zero-order valence-electron chi connectivity index (χ0n) is 14.6. The molecule has 0 radical (unpaired) electrons. The minimum atomic E-state index is -0.244. The summed E-state index contributed by atoms with van der Waals surface area (Å²) in [4.78, 5) is 21.1. The number of ether oxygens (including phenoxy) is 1. The first-order valence-electron chi connectivity index (χ1n) is 7.89. The van der Waals surface area contributed by atoms with E-state index in [1.54, 1.807) is 43.8 Å². The van der Waals surface area contributed by atoms with E-state index in [9.17, 15) is 4.79 Å². The van der Waals surface area contributed by atoms with Crippen LogP contribution < -0.4 is 10.1 Å². The van der Waals surface area contributed by atoms with Gasteiger partial charge in [0, 0.05) is 23.6 Å². The lowest BCUT2D eigenvalue weighted by Gasteiger charge is -2.09. The Morgan fingerprint density at radius 1 is 1.27 bits per heavy atom. The van der Waals surface area contributed by atoms with Gasteiger partial charge in [-0.25, -0.2) is 9.97 Å². The number of amides is 1. The number of anilines is 1. The van der Waals surface area contributed by atoms with Crippen molar-refractivity contribution in [3.63, 3.8) is 0 Å². The van der Waals surface area contributed by atoms with E-state index < -0.39 is 0 Å². The molecule has 0 unspecified atom stereocenters. The van der Waals surface area contributed by atoms with Crippen molar-refractivity contribution in [3.8, 4) is 5.88 Å². The molecule has 0 bridgehead atoms. The second kappa shape index (κ2) is 8.01. The molecule has 0 saturated carbocycles. The average molecular weight is 370 g/mol. The highest BCUT2D eigenvalue weighted by atomic mass is 32.2. The molecule has 26 heavy (non-hydrogen) atoms. The standard InChI is InChI=1S/C18H18N4O3S/c1-11-15(12(2)25-22-11)10-26-18-14(5-4-8-19-18)17(23)21-13-6-7-16(24-3)20-9-13/h4-9H,10H2,1-3H3,(H,21,23). The summed E-state index contributed by atoms with van der Waals surface area (Å²) in [6.45, 7) is 3.77. The number of pyridine rings is 2. The Balaban J connectivity index is 1.74. The zero-order chi connectivity index (χ0) is 18.5. The van der Waals surface area contributed by atoms with Gasteiger partial charge in [0.2, 0.25) is 5.88 Å². The van der Waals surface area contributed by atoms with Crippen LogP contribution in [0.25, 0.3) is 0 Å².